The molecule has 7 heteroatoms. The van der Waals surface area contributed by atoms with Gasteiger partial charge in [0.2, 0.25) is 17.7 Å². The van der Waals surface area contributed by atoms with Gasteiger partial charge in [-0.1, -0.05) is 24.4 Å². The lowest BCUT2D eigenvalue weighted by atomic mass is 9.98. The van der Waals surface area contributed by atoms with Gasteiger partial charge in [0.15, 0.2) is 0 Å². The zero-order valence-corrected chi connectivity index (χ0v) is 10.8. The van der Waals surface area contributed by atoms with Gasteiger partial charge in [-0.2, -0.15) is 4.98 Å². The van der Waals surface area contributed by atoms with Crippen LogP contribution in [0.25, 0.3) is 0 Å². The monoisotopic (exact) mass is 270 g/mol. The number of ether oxygens (including phenoxy) is 1. The molecule has 0 radical (unpaired) electrons. The van der Waals surface area contributed by atoms with Gasteiger partial charge in [-0.05, 0) is 12.8 Å². The molecule has 0 atom stereocenters. The van der Waals surface area contributed by atoms with Gasteiger partial charge in [0, 0.05) is 6.07 Å². The summed E-state index contributed by atoms with van der Waals surface area (Å²) in [6.45, 7) is 0. The van der Waals surface area contributed by atoms with Gasteiger partial charge >= 0.3 is 0 Å². The lowest BCUT2D eigenvalue weighted by Gasteiger charge is -2.21. The van der Waals surface area contributed by atoms with Crippen molar-refractivity contribution >= 4 is 23.5 Å². The van der Waals surface area contributed by atoms with Crippen LogP contribution in [0.2, 0.25) is 5.15 Å². The first-order valence-electron chi connectivity index (χ1n) is 5.72. The number of carbonyl (C=O) groups is 1. The van der Waals surface area contributed by atoms with E-state index in [-0.39, 0.29) is 17.0 Å². The minimum absolute atomic E-state index is 0.112. The first-order valence-corrected chi connectivity index (χ1v) is 6.10. The summed E-state index contributed by atoms with van der Waals surface area (Å²) in [5.74, 6) is 0.133. The molecule has 0 spiro atoms. The highest BCUT2D eigenvalue weighted by atomic mass is 35.5. The quantitative estimate of drug-likeness (QED) is 0.809. The Morgan fingerprint density at radius 2 is 2.17 bits per heavy atom. The van der Waals surface area contributed by atoms with Crippen molar-refractivity contribution in [1.29, 1.82) is 0 Å². The van der Waals surface area contributed by atoms with Crippen LogP contribution in [-0.4, -0.2) is 28.5 Å². The maximum absolute atomic E-state index is 12.0. The number of hydrogen-bond acceptors (Lipinski definition) is 5. The number of aromatic nitrogens is 2. The zero-order chi connectivity index (χ0) is 13.2. The molecular formula is C11H15ClN4O2. The molecule has 98 valence electrons. The largest absolute Gasteiger partial charge is 0.481 e. The second kappa shape index (κ2) is 5.07. The summed E-state index contributed by atoms with van der Waals surface area (Å²) >= 11 is 5.79. The Hall–Kier alpha value is -1.40. The predicted molar refractivity (Wildman–Crippen MR) is 67.6 cm³/mol. The minimum atomic E-state index is -0.821. The standard InChI is InChI=1S/C11H15ClN4O2/c1-18-8-6-7(12)14-10(15-8)16-9(17)11(13)4-2-3-5-11/h6H,2-5,13H2,1H3,(H,14,15,16,17). The molecule has 0 unspecified atom stereocenters. The van der Waals surface area contributed by atoms with E-state index in [1.807, 2.05) is 0 Å². The van der Waals surface area contributed by atoms with Crippen molar-refractivity contribution in [2.24, 2.45) is 5.73 Å². The maximum Gasteiger partial charge on any atom is 0.246 e. The number of methoxy groups -OCH3 is 1. The molecule has 0 saturated heterocycles. The molecule has 1 aromatic rings. The Bertz CT molecular complexity index is 460. The second-order valence-electron chi connectivity index (χ2n) is 4.37. The molecule has 0 aromatic carbocycles. The van der Waals surface area contributed by atoms with Crippen LogP contribution in [0.4, 0.5) is 5.95 Å². The smallest absolute Gasteiger partial charge is 0.246 e. The van der Waals surface area contributed by atoms with E-state index in [0.29, 0.717) is 18.7 Å². The lowest BCUT2D eigenvalue weighted by Crippen LogP contribution is -2.48. The van der Waals surface area contributed by atoms with E-state index in [9.17, 15) is 4.79 Å². The van der Waals surface area contributed by atoms with Crippen LogP contribution in [0.3, 0.4) is 0 Å². The van der Waals surface area contributed by atoms with E-state index in [2.05, 4.69) is 15.3 Å². The Kier molecular flexibility index (Phi) is 3.68. The number of hydrogen-bond donors (Lipinski definition) is 2. The van der Waals surface area contributed by atoms with Crippen LogP contribution in [0.1, 0.15) is 25.7 Å². The van der Waals surface area contributed by atoms with Crippen LogP contribution in [0, 0.1) is 0 Å². The molecule has 1 heterocycles. The van der Waals surface area contributed by atoms with Gasteiger partial charge in [-0.25, -0.2) is 4.98 Å². The van der Waals surface area contributed by atoms with E-state index in [0.717, 1.165) is 12.8 Å². The molecule has 1 saturated carbocycles. The van der Waals surface area contributed by atoms with E-state index in [4.69, 9.17) is 22.1 Å². The van der Waals surface area contributed by atoms with Gasteiger partial charge in [0.1, 0.15) is 5.15 Å². The molecule has 0 aliphatic heterocycles. The number of nitrogens with one attached hydrogen (secondary N) is 1. The Morgan fingerprint density at radius 1 is 1.50 bits per heavy atom. The van der Waals surface area contributed by atoms with E-state index < -0.39 is 5.54 Å². The third kappa shape index (κ3) is 2.70. The molecule has 1 amide bonds. The van der Waals surface area contributed by atoms with E-state index in [1.165, 1.54) is 13.2 Å². The van der Waals surface area contributed by atoms with Crippen molar-refractivity contribution in [3.8, 4) is 5.88 Å². The highest BCUT2D eigenvalue weighted by molar-refractivity contribution is 6.29. The number of rotatable bonds is 3. The molecule has 2 rings (SSSR count). The molecule has 18 heavy (non-hydrogen) atoms. The summed E-state index contributed by atoms with van der Waals surface area (Å²) < 4.78 is 4.95. The fourth-order valence-electron chi connectivity index (χ4n) is 2.02. The molecule has 3 N–H and O–H groups in total. The Labute approximate surface area is 110 Å². The van der Waals surface area contributed by atoms with Crippen LogP contribution >= 0.6 is 11.6 Å². The fourth-order valence-corrected chi connectivity index (χ4v) is 2.19. The summed E-state index contributed by atoms with van der Waals surface area (Å²) in [6.07, 6.45) is 3.28. The van der Waals surface area contributed by atoms with Crippen molar-refractivity contribution in [1.82, 2.24) is 9.97 Å². The Balaban J connectivity index is 2.13. The summed E-state index contributed by atoms with van der Waals surface area (Å²) in [5.41, 5.74) is 5.21. The lowest BCUT2D eigenvalue weighted by molar-refractivity contribution is -0.121. The van der Waals surface area contributed by atoms with Crippen LogP contribution < -0.4 is 15.8 Å². The third-order valence-electron chi connectivity index (χ3n) is 3.05. The molecule has 1 aliphatic rings. The molecular weight excluding hydrogens is 256 g/mol. The Morgan fingerprint density at radius 3 is 2.78 bits per heavy atom. The van der Waals surface area contributed by atoms with Crippen LogP contribution in [-0.2, 0) is 4.79 Å². The number of nitrogens with zero attached hydrogens (tertiary/aromatic N) is 2. The first-order chi connectivity index (χ1) is 8.53. The van der Waals surface area contributed by atoms with Gasteiger partial charge < -0.3 is 10.5 Å². The molecule has 1 aliphatic carbocycles. The average molecular weight is 271 g/mol. The maximum atomic E-state index is 12.0. The van der Waals surface area contributed by atoms with Gasteiger partial charge in [-0.3, -0.25) is 10.1 Å². The number of nitrogens with two attached hydrogens (primary N) is 1. The molecule has 1 fully saturated rings. The summed E-state index contributed by atoms with van der Waals surface area (Å²) in [4.78, 5) is 19.9. The second-order valence-corrected chi connectivity index (χ2v) is 4.76. The van der Waals surface area contributed by atoms with Crippen LogP contribution in [0.15, 0.2) is 6.07 Å². The average Bonchev–Trinajstić information content (AvgIpc) is 2.76. The zero-order valence-electron chi connectivity index (χ0n) is 10.1. The topological polar surface area (TPSA) is 90.1 Å². The van der Waals surface area contributed by atoms with E-state index in [1.54, 1.807) is 0 Å². The van der Waals surface area contributed by atoms with Crippen LogP contribution in [0.5, 0.6) is 5.88 Å². The number of carbonyl (C=O) groups excluding carboxylic acids is 1. The molecule has 1 aromatic heterocycles. The normalized spacial score (nSPS) is 17.5. The number of amides is 1. The number of halogens is 1. The van der Waals surface area contributed by atoms with Gasteiger partial charge in [0.25, 0.3) is 0 Å². The first kappa shape index (κ1) is 13.0. The molecule has 6 nitrogen and oxygen atoms in total. The summed E-state index contributed by atoms with van der Waals surface area (Å²) in [5, 5.41) is 2.79. The highest BCUT2D eigenvalue weighted by Crippen LogP contribution is 2.28. The number of anilines is 1. The SMILES string of the molecule is COc1cc(Cl)nc(NC(=O)C2(N)CCCC2)n1. The fraction of sp³-hybridized carbons (Fsp3) is 0.545. The molecule has 0 bridgehead atoms. The van der Waals surface area contributed by atoms with Crippen molar-refractivity contribution < 1.29 is 9.53 Å². The van der Waals surface area contributed by atoms with Gasteiger partial charge in [0.05, 0.1) is 12.6 Å². The van der Waals surface area contributed by atoms with Crippen molar-refractivity contribution in [2.45, 2.75) is 31.2 Å². The van der Waals surface area contributed by atoms with Crippen molar-refractivity contribution in [3.05, 3.63) is 11.2 Å². The van der Waals surface area contributed by atoms with Gasteiger partial charge in [-0.15, -0.1) is 0 Å². The predicted octanol–water partition coefficient (Wildman–Crippen LogP) is 1.35. The summed E-state index contributed by atoms with van der Waals surface area (Å²) in [6, 6.07) is 1.46. The van der Waals surface area contributed by atoms with Crippen molar-refractivity contribution in [3.63, 3.8) is 0 Å². The minimum Gasteiger partial charge on any atom is -0.481 e. The summed E-state index contributed by atoms with van der Waals surface area (Å²) in [7, 11) is 1.46. The highest BCUT2D eigenvalue weighted by Gasteiger charge is 2.37. The third-order valence-corrected chi connectivity index (χ3v) is 3.25. The van der Waals surface area contributed by atoms with Crippen molar-refractivity contribution in [2.75, 3.05) is 12.4 Å². The van der Waals surface area contributed by atoms with E-state index >= 15 is 0 Å².